The van der Waals surface area contributed by atoms with Crippen LogP contribution in [-0.2, 0) is 29.4 Å². The Morgan fingerprint density at radius 2 is 1.75 bits per heavy atom. The predicted molar refractivity (Wildman–Crippen MR) is 197 cm³/mol. The maximum Gasteiger partial charge on any atom is 0.475 e. The van der Waals surface area contributed by atoms with E-state index in [2.05, 4.69) is 36.7 Å². The van der Waals surface area contributed by atoms with Crippen LogP contribution in [0.3, 0.4) is 0 Å². The molecule has 14 nitrogen and oxygen atoms in total. The van der Waals surface area contributed by atoms with Crippen molar-refractivity contribution in [2.45, 2.75) is 65.6 Å². The highest BCUT2D eigenvalue weighted by Gasteiger charge is 2.37. The number of H-pyrrole nitrogens is 1. The first kappa shape index (κ1) is 41.1. The Hall–Kier alpha value is -4.65. The first-order valence-corrected chi connectivity index (χ1v) is 18.3. The van der Waals surface area contributed by atoms with Crippen LogP contribution in [-0.4, -0.2) is 82.1 Å². The Bertz CT molecular complexity index is 1940. The number of halogens is 2. The van der Waals surface area contributed by atoms with Gasteiger partial charge in [0.25, 0.3) is 0 Å². The van der Waals surface area contributed by atoms with Gasteiger partial charge in [-0.3, -0.25) is 28.4 Å². The van der Waals surface area contributed by atoms with Crippen molar-refractivity contribution < 1.29 is 41.2 Å². The molecule has 0 radical (unpaired) electrons. The lowest BCUT2D eigenvalue weighted by Crippen LogP contribution is -2.31. The molecule has 2 aromatic heterocycles. The molecule has 0 aliphatic rings. The molecule has 1 amide bonds. The van der Waals surface area contributed by atoms with Gasteiger partial charge in [0.05, 0.1) is 55.7 Å². The van der Waals surface area contributed by atoms with E-state index in [1.54, 1.807) is 59.7 Å². The number of carbonyl (C=O) groups excluding carboxylic acids is 1. The quantitative estimate of drug-likeness (QED) is 0.0541. The zero-order valence-electron chi connectivity index (χ0n) is 30.9. The number of fused-ring (bicyclic) bond motifs is 1. The summed E-state index contributed by atoms with van der Waals surface area (Å²) in [6.45, 7) is 12.4. The van der Waals surface area contributed by atoms with Crippen LogP contribution in [0.2, 0.25) is 0 Å². The molecular formula is C36H46F2N7O7P. The van der Waals surface area contributed by atoms with Gasteiger partial charge in [-0.05, 0) is 66.2 Å². The number of benzene rings is 2. The highest BCUT2D eigenvalue weighted by atomic mass is 31.2. The maximum atomic E-state index is 14.0. The molecule has 0 bridgehead atoms. The van der Waals surface area contributed by atoms with Crippen LogP contribution in [0.15, 0.2) is 42.7 Å². The van der Waals surface area contributed by atoms with Gasteiger partial charge in [-0.25, -0.2) is 23.3 Å². The normalized spacial score (nSPS) is 12.2. The van der Waals surface area contributed by atoms with Crippen molar-refractivity contribution in [2.24, 2.45) is 0 Å². The largest absolute Gasteiger partial charge is 0.493 e. The summed E-state index contributed by atoms with van der Waals surface area (Å²) in [4.78, 5) is 23.2. The van der Waals surface area contributed by atoms with E-state index >= 15 is 0 Å². The van der Waals surface area contributed by atoms with Crippen LogP contribution in [0.25, 0.3) is 10.9 Å². The van der Waals surface area contributed by atoms with Crippen molar-refractivity contribution >= 4 is 42.0 Å². The van der Waals surface area contributed by atoms with Gasteiger partial charge in [0.1, 0.15) is 12.1 Å². The van der Waals surface area contributed by atoms with Crippen molar-refractivity contribution in [1.82, 2.24) is 25.1 Å². The number of hydrogen-bond donors (Lipinski definition) is 3. The summed E-state index contributed by atoms with van der Waals surface area (Å²) in [5, 5.41) is 13.0. The summed E-state index contributed by atoms with van der Waals surface area (Å²) < 4.78 is 69.6. The van der Waals surface area contributed by atoms with Gasteiger partial charge in [0, 0.05) is 36.3 Å². The van der Waals surface area contributed by atoms with Gasteiger partial charge >= 0.3 is 7.82 Å². The van der Waals surface area contributed by atoms with Crippen molar-refractivity contribution in [2.75, 3.05) is 50.6 Å². The van der Waals surface area contributed by atoms with Gasteiger partial charge < -0.3 is 20.1 Å². The molecule has 0 aliphatic carbocycles. The van der Waals surface area contributed by atoms with Crippen molar-refractivity contribution in [3.63, 3.8) is 0 Å². The average Bonchev–Trinajstić information content (AvgIpc) is 3.49. The Labute approximate surface area is 307 Å². The summed E-state index contributed by atoms with van der Waals surface area (Å²) in [5.41, 5.74) is -0.754. The Morgan fingerprint density at radius 3 is 2.43 bits per heavy atom. The zero-order valence-corrected chi connectivity index (χ0v) is 31.8. The van der Waals surface area contributed by atoms with E-state index in [0.29, 0.717) is 72.4 Å². The van der Waals surface area contributed by atoms with Crippen LogP contribution in [0.1, 0.15) is 53.7 Å². The summed E-state index contributed by atoms with van der Waals surface area (Å²) in [5.74, 6) is 1.58. The molecule has 2 heterocycles. The number of hydrogen-bond acceptors (Lipinski definition) is 12. The number of rotatable bonds is 18. The number of phosphoric ester groups is 1. The molecule has 0 aliphatic heterocycles. The number of aromatic nitrogens is 4. The minimum atomic E-state index is -3.85. The molecule has 0 unspecified atom stereocenters. The number of terminal acetylenes is 1. The lowest BCUT2D eigenvalue weighted by molar-refractivity contribution is -0.115. The molecular weight excluding hydrogens is 711 g/mol. The molecule has 4 aromatic rings. The number of nitrogens with one attached hydrogen (secondary N) is 3. The molecule has 3 N–H and O–H groups in total. The lowest BCUT2D eigenvalue weighted by Gasteiger charge is -2.31. The Kier molecular flexibility index (Phi) is 13.9. The van der Waals surface area contributed by atoms with Crippen LogP contribution in [0.5, 0.6) is 11.5 Å². The van der Waals surface area contributed by atoms with Crippen molar-refractivity contribution in [1.29, 1.82) is 0 Å². The molecule has 0 saturated heterocycles. The number of methoxy groups -OCH3 is 1. The molecule has 53 heavy (non-hydrogen) atoms. The van der Waals surface area contributed by atoms with Crippen molar-refractivity contribution in [3.05, 3.63) is 60.1 Å². The average molecular weight is 758 g/mol. The smallest absolute Gasteiger partial charge is 0.475 e. The minimum Gasteiger partial charge on any atom is -0.493 e. The van der Waals surface area contributed by atoms with E-state index in [0.717, 1.165) is 6.07 Å². The second-order valence-corrected chi connectivity index (χ2v) is 15.4. The van der Waals surface area contributed by atoms with E-state index in [9.17, 15) is 18.1 Å². The third-order valence-corrected chi connectivity index (χ3v) is 9.04. The number of ether oxygens (including phenoxy) is 2. The maximum absolute atomic E-state index is 14.0. The molecule has 0 atom stereocenters. The fourth-order valence-corrected chi connectivity index (χ4v) is 6.72. The van der Waals surface area contributed by atoms with E-state index in [1.165, 1.54) is 25.6 Å². The Balaban J connectivity index is 1.34. The first-order chi connectivity index (χ1) is 25.0. The second-order valence-electron chi connectivity index (χ2n) is 13.8. The molecule has 286 valence electrons. The third-order valence-electron chi connectivity index (χ3n) is 6.99. The fraction of sp³-hybridized carbons (Fsp3) is 0.444. The number of aromatic amines is 1. The molecule has 0 fully saturated rings. The highest BCUT2D eigenvalue weighted by molar-refractivity contribution is 7.48. The van der Waals surface area contributed by atoms with E-state index < -0.39 is 36.6 Å². The number of anilines is 3. The molecule has 0 saturated carbocycles. The van der Waals surface area contributed by atoms with Crippen LogP contribution >= 0.6 is 7.82 Å². The standard InChI is InChI=1S/C36H46F2N7O7P/c1-9-14-45(16-18-50-53(47,51-35(2,3)4)52-36(5,6)7)15-11-17-49-30-22-28-25(21-29(30)48-8)34(40-23-39-28)42-31-19-24(43-44-31)20-32(46)41-27-13-10-12-26(37)33(27)38/h1,10,12-13,19,21-23H,11,14-18,20H2,2-8H3,(H,41,46)(H2,39,40,42,43,44). The highest BCUT2D eigenvalue weighted by Crippen LogP contribution is 2.55. The predicted octanol–water partition coefficient (Wildman–Crippen LogP) is 7.02. The van der Waals surface area contributed by atoms with Crippen LogP contribution in [0.4, 0.5) is 26.1 Å². The fourth-order valence-electron chi connectivity index (χ4n) is 4.93. The molecule has 2 aromatic carbocycles. The number of phosphoric acid groups is 1. The second kappa shape index (κ2) is 17.9. The summed E-state index contributed by atoms with van der Waals surface area (Å²) in [6, 6.07) is 8.60. The first-order valence-electron chi connectivity index (χ1n) is 16.8. The van der Waals surface area contributed by atoms with Gasteiger partial charge in [-0.15, -0.1) is 6.42 Å². The topological polar surface area (TPSA) is 162 Å². The zero-order chi connectivity index (χ0) is 38.8. The summed E-state index contributed by atoms with van der Waals surface area (Å²) in [6.07, 6.45) is 7.43. The van der Waals surface area contributed by atoms with Crippen molar-refractivity contribution in [3.8, 4) is 23.8 Å². The number of amides is 1. The van der Waals surface area contributed by atoms with Gasteiger partial charge in [0.2, 0.25) is 5.91 Å². The lowest BCUT2D eigenvalue weighted by atomic mass is 10.2. The van der Waals surface area contributed by atoms with Gasteiger partial charge in [0.15, 0.2) is 29.0 Å². The van der Waals surface area contributed by atoms with E-state index in [4.69, 9.17) is 29.5 Å². The Morgan fingerprint density at radius 1 is 1.02 bits per heavy atom. The van der Waals surface area contributed by atoms with E-state index in [1.807, 2.05) is 4.90 Å². The van der Waals surface area contributed by atoms with Crippen LogP contribution < -0.4 is 20.1 Å². The van der Waals surface area contributed by atoms with Gasteiger partial charge in [-0.1, -0.05) is 12.0 Å². The summed E-state index contributed by atoms with van der Waals surface area (Å²) in [7, 11) is -2.33. The molecule has 4 rings (SSSR count). The van der Waals surface area contributed by atoms with E-state index in [-0.39, 0.29) is 18.7 Å². The SMILES string of the molecule is C#CCN(CCCOc1cc2ncnc(Nc3cc(CC(=O)Nc4cccc(F)c4F)[nH]n3)c2cc1OC)CCOP(=O)(OC(C)(C)C)OC(C)(C)C. The molecule has 0 spiro atoms. The van der Waals surface area contributed by atoms with Crippen LogP contribution in [0, 0.1) is 24.0 Å². The monoisotopic (exact) mass is 757 g/mol. The third kappa shape index (κ3) is 12.8. The summed E-state index contributed by atoms with van der Waals surface area (Å²) >= 11 is 0. The van der Waals surface area contributed by atoms with Gasteiger partial charge in [-0.2, -0.15) is 5.10 Å². The minimum absolute atomic E-state index is 0.0766. The number of nitrogens with zero attached hydrogens (tertiary/aromatic N) is 4. The number of carbonyl (C=O) groups is 1. The molecule has 17 heteroatoms.